The van der Waals surface area contributed by atoms with Gasteiger partial charge in [-0.3, -0.25) is 0 Å². The van der Waals surface area contributed by atoms with Gasteiger partial charge < -0.3 is 20.6 Å². The highest BCUT2D eigenvalue weighted by atomic mass is 19.1. The summed E-state index contributed by atoms with van der Waals surface area (Å²) in [5.41, 5.74) is -0.0646. The predicted octanol–water partition coefficient (Wildman–Crippen LogP) is 2.27. The minimum absolute atomic E-state index is 0.0646. The molecule has 7 heteroatoms. The normalized spacial score (nSPS) is 15.0. The second kappa shape index (κ2) is 9.54. The maximum absolute atomic E-state index is 13.9. The van der Waals surface area contributed by atoms with Crippen molar-refractivity contribution in [3.8, 4) is 0 Å². The SMILES string of the molecule is CC(O)CC(C)CNC(=O)NCC(c1c(F)cccc1F)N(C)C. The Balaban J connectivity index is 2.60. The lowest BCUT2D eigenvalue weighted by atomic mass is 10.0. The molecule has 1 rings (SSSR count). The Morgan fingerprint density at radius 2 is 1.71 bits per heavy atom. The van der Waals surface area contributed by atoms with Crippen LogP contribution in [0.1, 0.15) is 31.9 Å². The number of carbonyl (C=O) groups is 1. The third kappa shape index (κ3) is 6.41. The van der Waals surface area contributed by atoms with E-state index in [9.17, 15) is 18.7 Å². The molecule has 1 aromatic rings. The molecular weight excluding hydrogens is 316 g/mol. The standard InChI is InChI=1S/C17H27F2N3O2/c1-11(8-12(2)23)9-20-17(24)21-10-15(22(3)4)16-13(18)6-5-7-14(16)19/h5-7,11-12,15,23H,8-10H2,1-4H3,(H2,20,21,24). The van der Waals surface area contributed by atoms with Gasteiger partial charge >= 0.3 is 6.03 Å². The van der Waals surface area contributed by atoms with Crippen molar-refractivity contribution in [1.82, 2.24) is 15.5 Å². The molecule has 0 saturated heterocycles. The third-order valence-corrected chi connectivity index (χ3v) is 3.77. The minimum atomic E-state index is -0.638. The maximum Gasteiger partial charge on any atom is 0.314 e. The average molecular weight is 343 g/mol. The fraction of sp³-hybridized carbons (Fsp3) is 0.588. The molecule has 0 fully saturated rings. The Hall–Kier alpha value is -1.73. The van der Waals surface area contributed by atoms with Gasteiger partial charge in [0.25, 0.3) is 0 Å². The van der Waals surface area contributed by atoms with E-state index in [0.29, 0.717) is 13.0 Å². The lowest BCUT2D eigenvalue weighted by Gasteiger charge is -2.26. The maximum atomic E-state index is 13.9. The van der Waals surface area contributed by atoms with Gasteiger partial charge in [-0.1, -0.05) is 13.0 Å². The summed E-state index contributed by atoms with van der Waals surface area (Å²) >= 11 is 0. The number of carbonyl (C=O) groups excluding carboxylic acids is 1. The number of urea groups is 1. The van der Waals surface area contributed by atoms with E-state index in [-0.39, 0.29) is 18.0 Å². The molecule has 0 radical (unpaired) electrons. The van der Waals surface area contributed by atoms with Crippen molar-refractivity contribution in [2.45, 2.75) is 32.4 Å². The molecule has 1 aromatic carbocycles. The fourth-order valence-corrected chi connectivity index (χ4v) is 2.56. The molecule has 0 aliphatic heterocycles. The first kappa shape index (κ1) is 20.3. The van der Waals surface area contributed by atoms with Crippen LogP contribution in [-0.2, 0) is 0 Å². The topological polar surface area (TPSA) is 64.6 Å². The van der Waals surface area contributed by atoms with Gasteiger partial charge in [-0.25, -0.2) is 13.6 Å². The summed E-state index contributed by atoms with van der Waals surface area (Å²) in [6.07, 6.45) is 0.160. The van der Waals surface area contributed by atoms with Crippen LogP contribution >= 0.6 is 0 Å². The fourth-order valence-electron chi connectivity index (χ4n) is 2.56. The number of nitrogens with one attached hydrogen (secondary N) is 2. The first-order chi connectivity index (χ1) is 11.2. The molecule has 136 valence electrons. The zero-order chi connectivity index (χ0) is 18.3. The number of aliphatic hydroxyl groups is 1. The van der Waals surface area contributed by atoms with Crippen LogP contribution in [-0.4, -0.2) is 49.3 Å². The number of benzene rings is 1. The second-order valence-electron chi connectivity index (χ2n) is 6.40. The van der Waals surface area contributed by atoms with Gasteiger partial charge in [0.15, 0.2) is 0 Å². The van der Waals surface area contributed by atoms with Gasteiger partial charge in [-0.05, 0) is 45.5 Å². The number of nitrogens with zero attached hydrogens (tertiary/aromatic N) is 1. The van der Waals surface area contributed by atoms with Gasteiger partial charge in [0, 0.05) is 18.7 Å². The van der Waals surface area contributed by atoms with Crippen LogP contribution in [0.3, 0.4) is 0 Å². The molecule has 24 heavy (non-hydrogen) atoms. The van der Waals surface area contributed by atoms with Crippen molar-refractivity contribution >= 4 is 6.03 Å². The van der Waals surface area contributed by atoms with Gasteiger partial charge in [0.1, 0.15) is 11.6 Å². The van der Waals surface area contributed by atoms with Crippen molar-refractivity contribution in [3.63, 3.8) is 0 Å². The molecule has 0 spiro atoms. The lowest BCUT2D eigenvalue weighted by Crippen LogP contribution is -2.42. The van der Waals surface area contributed by atoms with E-state index in [4.69, 9.17) is 0 Å². The smallest absolute Gasteiger partial charge is 0.314 e. The summed E-state index contributed by atoms with van der Waals surface area (Å²) in [4.78, 5) is 13.5. The molecule has 5 nitrogen and oxygen atoms in total. The highest BCUT2D eigenvalue weighted by Gasteiger charge is 2.22. The molecule has 2 amide bonds. The van der Waals surface area contributed by atoms with E-state index in [1.54, 1.807) is 25.9 Å². The van der Waals surface area contributed by atoms with Gasteiger partial charge in [0.05, 0.1) is 12.1 Å². The predicted molar refractivity (Wildman–Crippen MR) is 89.6 cm³/mol. The summed E-state index contributed by atoms with van der Waals surface area (Å²) in [7, 11) is 3.39. The number of amides is 2. The molecule has 3 atom stereocenters. The van der Waals surface area contributed by atoms with E-state index in [2.05, 4.69) is 10.6 Å². The minimum Gasteiger partial charge on any atom is -0.393 e. The van der Waals surface area contributed by atoms with Crippen LogP contribution in [0, 0.1) is 17.6 Å². The molecule has 3 unspecified atom stereocenters. The van der Waals surface area contributed by atoms with E-state index in [1.165, 1.54) is 18.2 Å². The van der Waals surface area contributed by atoms with Crippen LogP contribution in [0.2, 0.25) is 0 Å². The van der Waals surface area contributed by atoms with E-state index < -0.39 is 29.8 Å². The van der Waals surface area contributed by atoms with Gasteiger partial charge in [-0.15, -0.1) is 0 Å². The van der Waals surface area contributed by atoms with Crippen molar-refractivity contribution in [1.29, 1.82) is 0 Å². The number of hydrogen-bond donors (Lipinski definition) is 3. The first-order valence-corrected chi connectivity index (χ1v) is 8.02. The quantitative estimate of drug-likeness (QED) is 0.678. The average Bonchev–Trinajstić information content (AvgIpc) is 2.47. The van der Waals surface area contributed by atoms with Crippen LogP contribution in [0.4, 0.5) is 13.6 Å². The Labute approximate surface area is 142 Å². The summed E-state index contributed by atoms with van der Waals surface area (Å²) in [5.74, 6) is -1.15. The Kier molecular flexibility index (Phi) is 8.07. The van der Waals surface area contributed by atoms with Crippen LogP contribution in [0.25, 0.3) is 0 Å². The third-order valence-electron chi connectivity index (χ3n) is 3.77. The molecule has 0 aromatic heterocycles. The first-order valence-electron chi connectivity index (χ1n) is 8.02. The van der Waals surface area contributed by atoms with Crippen molar-refractivity contribution in [2.75, 3.05) is 27.2 Å². The Morgan fingerprint density at radius 1 is 1.17 bits per heavy atom. The van der Waals surface area contributed by atoms with Crippen LogP contribution in [0.5, 0.6) is 0 Å². The van der Waals surface area contributed by atoms with Gasteiger partial charge in [0.2, 0.25) is 0 Å². The molecule has 0 aliphatic rings. The molecule has 0 heterocycles. The molecule has 3 N–H and O–H groups in total. The number of halogens is 2. The molecule has 0 aliphatic carbocycles. The van der Waals surface area contributed by atoms with Crippen LogP contribution < -0.4 is 10.6 Å². The molecule has 0 bridgehead atoms. The van der Waals surface area contributed by atoms with Crippen LogP contribution in [0.15, 0.2) is 18.2 Å². The summed E-state index contributed by atoms with van der Waals surface area (Å²) < 4.78 is 27.9. The monoisotopic (exact) mass is 343 g/mol. The largest absolute Gasteiger partial charge is 0.393 e. The van der Waals surface area contributed by atoms with Crippen molar-refractivity contribution < 1.29 is 18.7 Å². The second-order valence-corrected chi connectivity index (χ2v) is 6.40. The van der Waals surface area contributed by atoms with Crippen molar-refractivity contribution in [3.05, 3.63) is 35.4 Å². The van der Waals surface area contributed by atoms with E-state index in [1.807, 2.05) is 6.92 Å². The number of aliphatic hydroxyl groups excluding tert-OH is 1. The number of hydrogen-bond acceptors (Lipinski definition) is 3. The highest BCUT2D eigenvalue weighted by Crippen LogP contribution is 2.23. The van der Waals surface area contributed by atoms with Crippen molar-refractivity contribution in [2.24, 2.45) is 5.92 Å². The lowest BCUT2D eigenvalue weighted by molar-refractivity contribution is 0.163. The van der Waals surface area contributed by atoms with E-state index in [0.717, 1.165) is 0 Å². The van der Waals surface area contributed by atoms with Gasteiger partial charge in [-0.2, -0.15) is 0 Å². The summed E-state index contributed by atoms with van der Waals surface area (Å²) in [6, 6.07) is 2.69. The molecular formula is C17H27F2N3O2. The zero-order valence-corrected chi connectivity index (χ0v) is 14.6. The number of rotatable bonds is 8. The summed E-state index contributed by atoms with van der Waals surface area (Å²) in [5, 5.41) is 14.6. The Bertz CT molecular complexity index is 518. The van der Waals surface area contributed by atoms with E-state index >= 15 is 0 Å². The molecule has 0 saturated carbocycles. The zero-order valence-electron chi connectivity index (χ0n) is 14.6. The Morgan fingerprint density at radius 3 is 2.21 bits per heavy atom. The summed E-state index contributed by atoms with van der Waals surface area (Å²) in [6.45, 7) is 4.10. The number of likely N-dealkylation sites (N-methyl/N-ethyl adjacent to an activating group) is 1. The highest BCUT2D eigenvalue weighted by molar-refractivity contribution is 5.73.